The van der Waals surface area contributed by atoms with E-state index in [2.05, 4.69) is 5.32 Å². The van der Waals surface area contributed by atoms with Gasteiger partial charge >= 0.3 is 0 Å². The number of benzene rings is 2. The van der Waals surface area contributed by atoms with E-state index in [9.17, 15) is 9.59 Å². The first-order valence-corrected chi connectivity index (χ1v) is 11.1. The Labute approximate surface area is 179 Å². The van der Waals surface area contributed by atoms with E-state index in [-0.39, 0.29) is 17.9 Å². The van der Waals surface area contributed by atoms with Crippen molar-refractivity contribution in [2.45, 2.75) is 64.6 Å². The Balaban J connectivity index is 2.13. The average Bonchev–Trinajstić information content (AvgIpc) is 2.72. The monoisotopic (exact) mass is 412 g/mol. The highest BCUT2D eigenvalue weighted by Gasteiger charge is 2.26. The summed E-state index contributed by atoms with van der Waals surface area (Å²) in [5, 5.41) is 3.00. The molecule has 0 aliphatic rings. The largest absolute Gasteiger partial charge is 0.352 e. The lowest BCUT2D eigenvalue weighted by Crippen LogP contribution is -2.50. The van der Waals surface area contributed by atoms with Crippen LogP contribution in [-0.2, 0) is 16.1 Å². The number of hydrogen-bond acceptors (Lipinski definition) is 3. The van der Waals surface area contributed by atoms with Crippen molar-refractivity contribution in [3.05, 3.63) is 65.2 Å². The molecule has 0 radical (unpaired) electrons. The predicted octanol–water partition coefficient (Wildman–Crippen LogP) is 4.73. The second-order valence-corrected chi connectivity index (χ2v) is 8.65. The van der Waals surface area contributed by atoms with Crippen molar-refractivity contribution in [2.24, 2.45) is 0 Å². The van der Waals surface area contributed by atoms with E-state index >= 15 is 0 Å². The van der Waals surface area contributed by atoms with Gasteiger partial charge in [-0.05, 0) is 51.8 Å². The van der Waals surface area contributed by atoms with Gasteiger partial charge < -0.3 is 10.2 Å². The number of nitrogens with zero attached hydrogens (tertiary/aromatic N) is 1. The summed E-state index contributed by atoms with van der Waals surface area (Å²) in [6.07, 6.45) is 0.855. The van der Waals surface area contributed by atoms with E-state index in [1.54, 1.807) is 11.8 Å². The summed E-state index contributed by atoms with van der Waals surface area (Å²) < 4.78 is 0. The molecule has 0 aliphatic heterocycles. The van der Waals surface area contributed by atoms with Gasteiger partial charge in [0.2, 0.25) is 11.8 Å². The Morgan fingerprint density at radius 2 is 1.52 bits per heavy atom. The average molecular weight is 413 g/mol. The lowest BCUT2D eigenvalue weighted by atomic mass is 10.1. The molecule has 2 rings (SSSR count). The summed E-state index contributed by atoms with van der Waals surface area (Å²) in [6.45, 7) is 10.3. The van der Waals surface area contributed by atoms with Crippen LogP contribution in [0.4, 0.5) is 0 Å². The van der Waals surface area contributed by atoms with Gasteiger partial charge in [-0.15, -0.1) is 11.8 Å². The maximum atomic E-state index is 13.1. The molecule has 156 valence electrons. The fourth-order valence-electron chi connectivity index (χ4n) is 2.80. The van der Waals surface area contributed by atoms with Crippen LogP contribution in [0.25, 0.3) is 0 Å². The van der Waals surface area contributed by atoms with Crippen molar-refractivity contribution in [1.29, 1.82) is 0 Å². The minimum absolute atomic E-state index is 0.0389. The molecular formula is C24H32N2O2S. The first kappa shape index (κ1) is 23.0. The third-order valence-electron chi connectivity index (χ3n) is 5.03. The van der Waals surface area contributed by atoms with E-state index in [0.29, 0.717) is 12.3 Å². The molecule has 29 heavy (non-hydrogen) atoms. The molecule has 0 saturated carbocycles. The third-order valence-corrected chi connectivity index (χ3v) is 6.02. The van der Waals surface area contributed by atoms with E-state index in [1.165, 1.54) is 22.9 Å². The van der Waals surface area contributed by atoms with Crippen LogP contribution in [0.1, 0.15) is 43.9 Å². The van der Waals surface area contributed by atoms with Gasteiger partial charge in [0.1, 0.15) is 6.04 Å². The normalized spacial score (nSPS) is 12.9. The van der Waals surface area contributed by atoms with Crippen molar-refractivity contribution in [1.82, 2.24) is 10.2 Å². The maximum Gasteiger partial charge on any atom is 0.242 e. The Kier molecular flexibility index (Phi) is 8.77. The highest BCUT2D eigenvalue weighted by molar-refractivity contribution is 8.00. The van der Waals surface area contributed by atoms with Gasteiger partial charge in [-0.2, -0.15) is 0 Å². The van der Waals surface area contributed by atoms with Crippen LogP contribution in [-0.4, -0.2) is 34.6 Å². The SMILES string of the molecule is CC[C@@H](C)NC(=O)[C@@H](C)N(Cc1ccc(C)cc1)C(=O)CSc1ccc(C)cc1. The van der Waals surface area contributed by atoms with E-state index < -0.39 is 6.04 Å². The van der Waals surface area contributed by atoms with Crippen LogP contribution < -0.4 is 5.32 Å². The fraction of sp³-hybridized carbons (Fsp3) is 0.417. The minimum atomic E-state index is -0.531. The van der Waals surface area contributed by atoms with Crippen LogP contribution >= 0.6 is 11.8 Å². The van der Waals surface area contributed by atoms with Crippen molar-refractivity contribution >= 4 is 23.6 Å². The Morgan fingerprint density at radius 3 is 2.07 bits per heavy atom. The summed E-state index contributed by atoms with van der Waals surface area (Å²) in [7, 11) is 0. The van der Waals surface area contributed by atoms with Gasteiger partial charge in [0, 0.05) is 17.5 Å². The molecule has 2 amide bonds. The zero-order chi connectivity index (χ0) is 21.4. The zero-order valence-electron chi connectivity index (χ0n) is 18.1. The van der Waals surface area contributed by atoms with E-state index in [0.717, 1.165) is 16.9 Å². The van der Waals surface area contributed by atoms with Crippen LogP contribution in [0.2, 0.25) is 0 Å². The standard InChI is InChI=1S/C24H32N2O2S/c1-6-19(4)25-24(28)20(5)26(15-21-11-7-17(2)8-12-21)23(27)16-29-22-13-9-18(3)10-14-22/h7-14,19-20H,6,15-16H2,1-5H3,(H,25,28)/t19-,20-/m1/s1. The van der Waals surface area contributed by atoms with E-state index in [1.807, 2.05) is 76.2 Å². The molecule has 4 nitrogen and oxygen atoms in total. The minimum Gasteiger partial charge on any atom is -0.352 e. The number of aryl methyl sites for hydroxylation is 2. The van der Waals surface area contributed by atoms with Crippen LogP contribution in [0.5, 0.6) is 0 Å². The molecule has 0 fully saturated rings. The van der Waals surface area contributed by atoms with Crippen LogP contribution in [0.3, 0.4) is 0 Å². The van der Waals surface area contributed by atoms with Crippen molar-refractivity contribution in [3.63, 3.8) is 0 Å². The first-order chi connectivity index (χ1) is 13.8. The fourth-order valence-corrected chi connectivity index (χ4v) is 3.59. The molecule has 2 aromatic carbocycles. The molecule has 0 saturated heterocycles. The number of thioether (sulfide) groups is 1. The molecule has 0 unspecified atom stereocenters. The highest BCUT2D eigenvalue weighted by atomic mass is 32.2. The first-order valence-electron chi connectivity index (χ1n) is 10.1. The molecule has 0 heterocycles. The maximum absolute atomic E-state index is 13.1. The summed E-state index contributed by atoms with van der Waals surface area (Å²) in [6, 6.07) is 15.8. The Morgan fingerprint density at radius 1 is 0.966 bits per heavy atom. The predicted molar refractivity (Wildman–Crippen MR) is 121 cm³/mol. The van der Waals surface area contributed by atoms with Gasteiger partial charge in [0.05, 0.1) is 5.75 Å². The van der Waals surface area contributed by atoms with Gasteiger partial charge in [-0.25, -0.2) is 0 Å². The molecule has 2 aromatic rings. The second kappa shape index (κ2) is 11.1. The van der Waals surface area contributed by atoms with Crippen molar-refractivity contribution in [2.75, 3.05) is 5.75 Å². The molecule has 0 aliphatic carbocycles. The summed E-state index contributed by atoms with van der Waals surface area (Å²) in [5.74, 6) is 0.152. The molecule has 0 spiro atoms. The number of carbonyl (C=O) groups is 2. The number of rotatable bonds is 9. The van der Waals surface area contributed by atoms with Gasteiger partial charge in [0.15, 0.2) is 0 Å². The van der Waals surface area contributed by atoms with Gasteiger partial charge in [-0.3, -0.25) is 9.59 Å². The molecule has 2 atom stereocenters. The quantitative estimate of drug-likeness (QED) is 0.606. The number of nitrogens with one attached hydrogen (secondary N) is 1. The lowest BCUT2D eigenvalue weighted by Gasteiger charge is -2.29. The Hall–Kier alpha value is -2.27. The van der Waals surface area contributed by atoms with Gasteiger partial charge in [0.25, 0.3) is 0 Å². The smallest absolute Gasteiger partial charge is 0.242 e. The Bertz CT molecular complexity index is 803. The molecule has 0 aromatic heterocycles. The molecule has 0 bridgehead atoms. The topological polar surface area (TPSA) is 49.4 Å². The highest BCUT2D eigenvalue weighted by Crippen LogP contribution is 2.20. The second-order valence-electron chi connectivity index (χ2n) is 7.60. The number of hydrogen-bond donors (Lipinski definition) is 1. The summed E-state index contributed by atoms with van der Waals surface area (Å²) >= 11 is 1.50. The third kappa shape index (κ3) is 7.24. The summed E-state index contributed by atoms with van der Waals surface area (Å²) in [4.78, 5) is 28.5. The molecular weight excluding hydrogens is 380 g/mol. The summed E-state index contributed by atoms with van der Waals surface area (Å²) in [5.41, 5.74) is 3.38. The lowest BCUT2D eigenvalue weighted by molar-refractivity contribution is -0.138. The van der Waals surface area contributed by atoms with Gasteiger partial charge in [-0.1, -0.05) is 54.4 Å². The van der Waals surface area contributed by atoms with Crippen LogP contribution in [0.15, 0.2) is 53.4 Å². The molecule has 1 N–H and O–H groups in total. The van der Waals surface area contributed by atoms with E-state index in [4.69, 9.17) is 0 Å². The zero-order valence-corrected chi connectivity index (χ0v) is 18.9. The molecule has 5 heteroatoms. The van der Waals surface area contributed by atoms with Crippen LogP contribution in [0, 0.1) is 13.8 Å². The number of amides is 2. The van der Waals surface area contributed by atoms with Crippen molar-refractivity contribution in [3.8, 4) is 0 Å². The van der Waals surface area contributed by atoms with Crippen molar-refractivity contribution < 1.29 is 9.59 Å². The number of carbonyl (C=O) groups excluding carboxylic acids is 2.